The Balaban J connectivity index is 1.65. The summed E-state index contributed by atoms with van der Waals surface area (Å²) in [6.07, 6.45) is 0. The standard InChI is InChI=1S/C16H12N2O2/c19-16-15-13-11-8-4-5-9-12(11)14(13)18(20-16)17(15)10-6-2-1-3-7-10/h1-9,13-15H/t13-,14+,15-/m1/s1. The molecule has 2 aromatic rings. The monoisotopic (exact) mass is 264 g/mol. The average molecular weight is 264 g/mol. The Morgan fingerprint density at radius 1 is 0.850 bits per heavy atom. The van der Waals surface area contributed by atoms with Crippen LogP contribution in [0.25, 0.3) is 0 Å². The van der Waals surface area contributed by atoms with E-state index in [9.17, 15) is 4.79 Å². The van der Waals surface area contributed by atoms with Gasteiger partial charge in [0.05, 0.1) is 5.69 Å². The van der Waals surface area contributed by atoms with Gasteiger partial charge in [0.2, 0.25) is 0 Å². The van der Waals surface area contributed by atoms with Crippen molar-refractivity contribution < 1.29 is 9.63 Å². The van der Waals surface area contributed by atoms with E-state index in [1.165, 1.54) is 11.1 Å². The van der Waals surface area contributed by atoms with Gasteiger partial charge in [0.1, 0.15) is 6.04 Å². The van der Waals surface area contributed by atoms with Gasteiger partial charge in [0.15, 0.2) is 6.04 Å². The molecule has 4 atom stereocenters. The maximum Gasteiger partial charge on any atom is 0.352 e. The van der Waals surface area contributed by atoms with E-state index in [0.717, 1.165) is 5.69 Å². The largest absolute Gasteiger partial charge is 0.352 e. The normalized spacial score (nSPS) is 32.4. The van der Waals surface area contributed by atoms with Gasteiger partial charge in [-0.05, 0) is 28.4 Å². The van der Waals surface area contributed by atoms with Crippen molar-refractivity contribution in [2.24, 2.45) is 0 Å². The highest BCUT2D eigenvalue weighted by atomic mass is 16.8. The van der Waals surface area contributed by atoms with E-state index in [-0.39, 0.29) is 24.0 Å². The van der Waals surface area contributed by atoms with Gasteiger partial charge < -0.3 is 4.84 Å². The molecule has 0 amide bonds. The van der Waals surface area contributed by atoms with Crippen molar-refractivity contribution in [3.63, 3.8) is 0 Å². The van der Waals surface area contributed by atoms with E-state index in [2.05, 4.69) is 12.1 Å². The molecule has 20 heavy (non-hydrogen) atoms. The Morgan fingerprint density at radius 2 is 1.55 bits per heavy atom. The Morgan fingerprint density at radius 3 is 2.35 bits per heavy atom. The summed E-state index contributed by atoms with van der Waals surface area (Å²) in [5, 5.41) is 3.76. The van der Waals surface area contributed by atoms with Crippen LogP contribution in [0.2, 0.25) is 0 Å². The summed E-state index contributed by atoms with van der Waals surface area (Å²) >= 11 is 0. The Kier molecular flexibility index (Phi) is 1.78. The predicted molar refractivity (Wildman–Crippen MR) is 72.6 cm³/mol. The fourth-order valence-electron chi connectivity index (χ4n) is 3.71. The molecule has 3 aliphatic rings. The van der Waals surface area contributed by atoms with Crippen LogP contribution in [0.3, 0.4) is 0 Å². The smallest absolute Gasteiger partial charge is 0.345 e. The van der Waals surface area contributed by atoms with Gasteiger partial charge in [-0.3, -0.25) is 5.01 Å². The van der Waals surface area contributed by atoms with E-state index in [1.54, 1.807) is 5.17 Å². The lowest BCUT2D eigenvalue weighted by Gasteiger charge is -2.39. The number of hydrazine groups is 1. The van der Waals surface area contributed by atoms with Crippen LogP contribution in [0.5, 0.6) is 0 Å². The number of benzene rings is 2. The van der Waals surface area contributed by atoms with Crippen molar-refractivity contribution in [2.45, 2.75) is 18.0 Å². The lowest BCUT2D eigenvalue weighted by Crippen LogP contribution is -2.40. The van der Waals surface area contributed by atoms with E-state index in [0.29, 0.717) is 0 Å². The summed E-state index contributed by atoms with van der Waals surface area (Å²) in [4.78, 5) is 17.6. The van der Waals surface area contributed by atoms with Crippen LogP contribution in [0.1, 0.15) is 23.1 Å². The summed E-state index contributed by atoms with van der Waals surface area (Å²) in [7, 11) is 0. The number of hydrogen-bond acceptors (Lipinski definition) is 4. The maximum atomic E-state index is 12.1. The second kappa shape index (κ2) is 3.41. The third-order valence-electron chi connectivity index (χ3n) is 4.51. The van der Waals surface area contributed by atoms with Gasteiger partial charge in [0.25, 0.3) is 0 Å². The zero-order valence-corrected chi connectivity index (χ0v) is 10.6. The van der Waals surface area contributed by atoms with Crippen LogP contribution >= 0.6 is 0 Å². The van der Waals surface area contributed by atoms with Gasteiger partial charge in [-0.15, -0.1) is 0 Å². The number of nitrogens with zero attached hydrogens (tertiary/aromatic N) is 2. The molecular weight excluding hydrogens is 252 g/mol. The molecule has 4 heteroatoms. The first kappa shape index (κ1) is 10.5. The van der Waals surface area contributed by atoms with Crippen molar-refractivity contribution >= 4 is 11.7 Å². The Labute approximate surface area is 116 Å². The van der Waals surface area contributed by atoms with Crippen molar-refractivity contribution in [1.82, 2.24) is 5.17 Å². The summed E-state index contributed by atoms with van der Waals surface area (Å²) < 4.78 is 0. The fourth-order valence-corrected chi connectivity index (χ4v) is 3.71. The van der Waals surface area contributed by atoms with Crippen LogP contribution in [-0.4, -0.2) is 17.2 Å². The van der Waals surface area contributed by atoms with E-state index >= 15 is 0 Å². The summed E-state index contributed by atoms with van der Waals surface area (Å²) in [6.45, 7) is 0. The number of fused-ring (bicyclic) bond motifs is 8. The summed E-state index contributed by atoms with van der Waals surface area (Å²) in [5.74, 6) is 0.0808. The molecule has 2 heterocycles. The zero-order valence-electron chi connectivity index (χ0n) is 10.6. The minimum Gasteiger partial charge on any atom is -0.345 e. The summed E-state index contributed by atoms with van der Waals surface area (Å²) in [5.41, 5.74) is 3.56. The van der Waals surface area contributed by atoms with Gasteiger partial charge in [-0.2, -0.15) is 0 Å². The number of para-hydroxylation sites is 1. The lowest BCUT2D eigenvalue weighted by atomic mass is 9.70. The highest BCUT2D eigenvalue weighted by molar-refractivity contribution is 5.86. The van der Waals surface area contributed by atoms with Gasteiger partial charge in [0, 0.05) is 5.92 Å². The molecular formula is C16H12N2O2. The molecule has 0 aromatic heterocycles. The second-order valence-corrected chi connectivity index (χ2v) is 5.44. The highest BCUT2D eigenvalue weighted by Crippen LogP contribution is 2.60. The summed E-state index contributed by atoms with van der Waals surface area (Å²) in [6, 6.07) is 18.2. The first-order chi connectivity index (χ1) is 9.86. The molecule has 0 radical (unpaired) electrons. The average Bonchev–Trinajstić information content (AvgIpc) is 2.93. The molecule has 0 saturated carbocycles. The molecule has 98 valence electrons. The van der Waals surface area contributed by atoms with Crippen LogP contribution in [0, 0.1) is 0 Å². The molecule has 4 nitrogen and oxygen atoms in total. The molecule has 2 fully saturated rings. The van der Waals surface area contributed by atoms with Gasteiger partial charge in [-0.25, -0.2) is 4.79 Å². The minimum absolute atomic E-state index is 0.149. The molecule has 5 rings (SSSR count). The fraction of sp³-hybridized carbons (Fsp3) is 0.188. The van der Waals surface area contributed by atoms with Crippen molar-refractivity contribution in [3.8, 4) is 0 Å². The lowest BCUT2D eigenvalue weighted by molar-refractivity contribution is -0.192. The first-order valence-corrected chi connectivity index (χ1v) is 6.80. The number of anilines is 1. The topological polar surface area (TPSA) is 32.8 Å². The Hall–Kier alpha value is -2.33. The molecule has 2 saturated heterocycles. The van der Waals surface area contributed by atoms with E-state index in [4.69, 9.17) is 4.84 Å². The third kappa shape index (κ3) is 1.05. The Bertz CT molecular complexity index is 715. The molecule has 2 aliphatic heterocycles. The third-order valence-corrected chi connectivity index (χ3v) is 4.51. The van der Waals surface area contributed by atoms with Crippen LogP contribution in [0.4, 0.5) is 5.69 Å². The van der Waals surface area contributed by atoms with Crippen LogP contribution in [0.15, 0.2) is 54.6 Å². The molecule has 1 unspecified atom stereocenters. The number of carbonyl (C=O) groups is 1. The highest BCUT2D eigenvalue weighted by Gasteiger charge is 2.65. The first-order valence-electron chi connectivity index (χ1n) is 6.80. The van der Waals surface area contributed by atoms with Gasteiger partial charge >= 0.3 is 5.97 Å². The van der Waals surface area contributed by atoms with Gasteiger partial charge in [-0.1, -0.05) is 42.5 Å². The number of hydroxylamine groups is 1. The van der Waals surface area contributed by atoms with E-state index in [1.807, 2.05) is 47.5 Å². The van der Waals surface area contributed by atoms with Crippen LogP contribution in [-0.2, 0) is 9.63 Å². The molecule has 0 N–H and O–H groups in total. The van der Waals surface area contributed by atoms with Crippen molar-refractivity contribution in [2.75, 3.05) is 5.01 Å². The molecule has 2 aromatic carbocycles. The predicted octanol–water partition coefficient (Wildman–Crippen LogP) is 2.40. The maximum absolute atomic E-state index is 12.1. The van der Waals surface area contributed by atoms with Crippen molar-refractivity contribution in [3.05, 3.63) is 65.7 Å². The van der Waals surface area contributed by atoms with Crippen LogP contribution < -0.4 is 5.01 Å². The number of hydrogen-bond donors (Lipinski definition) is 0. The zero-order chi connectivity index (χ0) is 13.3. The van der Waals surface area contributed by atoms with Crippen molar-refractivity contribution in [1.29, 1.82) is 0 Å². The molecule has 0 spiro atoms. The SMILES string of the molecule is O=C1ON2[C@H]3c4ccccc4[C@H]3[C@H]1N2c1ccccc1. The number of rotatable bonds is 1. The van der Waals surface area contributed by atoms with E-state index < -0.39 is 0 Å². The quantitative estimate of drug-likeness (QED) is 0.792. The number of carbonyl (C=O) groups excluding carboxylic acids is 1. The molecule has 2 bridgehead atoms. The minimum atomic E-state index is -0.225. The second-order valence-electron chi connectivity index (χ2n) is 5.44. The molecule has 1 aliphatic carbocycles.